The molecule has 0 bridgehead atoms. The molecule has 0 heterocycles. The average Bonchev–Trinajstić information content (AvgIpc) is 3.20. The lowest BCUT2D eigenvalue weighted by Gasteiger charge is -2.09. The number of methoxy groups -OCH3 is 1. The van der Waals surface area contributed by atoms with Crippen molar-refractivity contribution < 1.29 is 9.53 Å². The highest BCUT2D eigenvalue weighted by molar-refractivity contribution is 9.10. The van der Waals surface area contributed by atoms with Gasteiger partial charge in [0.15, 0.2) is 0 Å². The van der Waals surface area contributed by atoms with Crippen molar-refractivity contribution in [2.24, 2.45) is 5.41 Å². The number of hydrogen-bond donors (Lipinski definition) is 1. The molecule has 19 heavy (non-hydrogen) atoms. The number of carbonyl (C=O) groups is 1. The van der Waals surface area contributed by atoms with Gasteiger partial charge in [0.25, 0.3) is 0 Å². The summed E-state index contributed by atoms with van der Waals surface area (Å²) in [6, 6.07) is 7.92. The maximum Gasteiger partial charge on any atom is 0.240 e. The van der Waals surface area contributed by atoms with E-state index in [1.54, 1.807) is 7.11 Å². The molecule has 0 saturated heterocycles. The van der Waals surface area contributed by atoms with Gasteiger partial charge in [0.05, 0.1) is 17.7 Å². The molecular formula is C14H15BrN2O2. The van der Waals surface area contributed by atoms with Crippen LogP contribution in [0.2, 0.25) is 0 Å². The minimum atomic E-state index is -0.736. The molecule has 0 unspecified atom stereocenters. The van der Waals surface area contributed by atoms with Crippen molar-refractivity contribution in [1.82, 2.24) is 5.32 Å². The van der Waals surface area contributed by atoms with Crippen LogP contribution >= 0.6 is 15.9 Å². The summed E-state index contributed by atoms with van der Waals surface area (Å²) in [5.41, 5.74) is 0.371. The van der Waals surface area contributed by atoms with Crippen molar-refractivity contribution in [1.29, 1.82) is 5.26 Å². The Morgan fingerprint density at radius 2 is 2.32 bits per heavy atom. The fourth-order valence-corrected chi connectivity index (χ4v) is 2.46. The molecule has 5 heteroatoms. The highest BCUT2D eigenvalue weighted by Gasteiger charge is 2.50. The molecule has 0 spiro atoms. The quantitative estimate of drug-likeness (QED) is 0.905. The third-order valence-corrected chi connectivity index (χ3v) is 3.93. The molecule has 1 N–H and O–H groups in total. The Balaban J connectivity index is 1.85. The van der Waals surface area contributed by atoms with Crippen molar-refractivity contribution in [3.63, 3.8) is 0 Å². The number of halogens is 1. The van der Waals surface area contributed by atoms with Crippen molar-refractivity contribution >= 4 is 21.8 Å². The normalized spacial score (nSPS) is 15.4. The Labute approximate surface area is 120 Å². The summed E-state index contributed by atoms with van der Waals surface area (Å²) in [4.78, 5) is 11.8. The first kappa shape index (κ1) is 13.9. The van der Waals surface area contributed by atoms with E-state index < -0.39 is 5.41 Å². The molecule has 1 aromatic rings. The summed E-state index contributed by atoms with van der Waals surface area (Å²) in [6.45, 7) is 0.543. The largest absolute Gasteiger partial charge is 0.496 e. The van der Waals surface area contributed by atoms with Crippen LogP contribution in [0.3, 0.4) is 0 Å². The van der Waals surface area contributed by atoms with Crippen LogP contribution in [0.5, 0.6) is 5.75 Å². The molecule has 0 aliphatic heterocycles. The SMILES string of the molecule is COc1ccc(CCNC(=O)C2(C#N)CC2)cc1Br. The Morgan fingerprint density at radius 1 is 1.58 bits per heavy atom. The summed E-state index contributed by atoms with van der Waals surface area (Å²) in [7, 11) is 1.62. The first-order valence-electron chi connectivity index (χ1n) is 6.13. The van der Waals surface area contributed by atoms with Crippen LogP contribution < -0.4 is 10.1 Å². The summed E-state index contributed by atoms with van der Waals surface area (Å²) in [6.07, 6.45) is 2.10. The van der Waals surface area contributed by atoms with Gasteiger partial charge in [0.2, 0.25) is 5.91 Å². The Kier molecular flexibility index (Phi) is 4.11. The number of amides is 1. The van der Waals surface area contributed by atoms with E-state index in [1.165, 1.54) is 0 Å². The zero-order valence-corrected chi connectivity index (χ0v) is 12.3. The minimum absolute atomic E-state index is 0.137. The summed E-state index contributed by atoms with van der Waals surface area (Å²) >= 11 is 3.43. The Morgan fingerprint density at radius 3 is 2.84 bits per heavy atom. The molecule has 1 aliphatic carbocycles. The van der Waals surface area contributed by atoms with E-state index in [2.05, 4.69) is 27.3 Å². The lowest BCUT2D eigenvalue weighted by Crippen LogP contribution is -2.32. The van der Waals surface area contributed by atoms with Gasteiger partial charge in [-0.1, -0.05) is 6.07 Å². The van der Waals surface area contributed by atoms with E-state index in [0.29, 0.717) is 19.4 Å². The minimum Gasteiger partial charge on any atom is -0.496 e. The van der Waals surface area contributed by atoms with E-state index in [0.717, 1.165) is 22.2 Å². The second-order valence-corrected chi connectivity index (χ2v) is 5.52. The number of hydrogen-bond acceptors (Lipinski definition) is 3. The van der Waals surface area contributed by atoms with Gasteiger partial charge in [-0.05, 0) is 52.9 Å². The number of nitrogens with zero attached hydrogens (tertiary/aromatic N) is 1. The Bertz CT molecular complexity index is 533. The second-order valence-electron chi connectivity index (χ2n) is 4.67. The van der Waals surface area contributed by atoms with Gasteiger partial charge in [0.1, 0.15) is 11.2 Å². The topological polar surface area (TPSA) is 62.1 Å². The lowest BCUT2D eigenvalue weighted by molar-refractivity contribution is -0.124. The first-order valence-corrected chi connectivity index (χ1v) is 6.92. The molecule has 2 rings (SSSR count). The second kappa shape index (κ2) is 5.62. The van der Waals surface area contributed by atoms with Crippen molar-refractivity contribution in [3.8, 4) is 11.8 Å². The molecule has 1 amide bonds. The molecule has 1 aliphatic rings. The smallest absolute Gasteiger partial charge is 0.240 e. The van der Waals surface area contributed by atoms with E-state index in [9.17, 15) is 4.79 Å². The van der Waals surface area contributed by atoms with Gasteiger partial charge in [-0.2, -0.15) is 5.26 Å². The highest BCUT2D eigenvalue weighted by Crippen LogP contribution is 2.44. The molecule has 1 fully saturated rings. The third kappa shape index (κ3) is 3.07. The number of nitrogens with one attached hydrogen (secondary N) is 1. The molecule has 1 saturated carbocycles. The summed E-state index contributed by atoms with van der Waals surface area (Å²) in [5, 5.41) is 11.7. The predicted molar refractivity (Wildman–Crippen MR) is 74.7 cm³/mol. The van der Waals surface area contributed by atoms with Gasteiger partial charge < -0.3 is 10.1 Å². The van der Waals surface area contributed by atoms with Crippen molar-refractivity contribution in [2.45, 2.75) is 19.3 Å². The van der Waals surface area contributed by atoms with Gasteiger partial charge in [0, 0.05) is 6.54 Å². The van der Waals surface area contributed by atoms with Crippen molar-refractivity contribution in [2.75, 3.05) is 13.7 Å². The fraction of sp³-hybridized carbons (Fsp3) is 0.429. The maximum atomic E-state index is 11.8. The molecule has 0 aromatic heterocycles. The lowest BCUT2D eigenvalue weighted by atomic mass is 10.1. The third-order valence-electron chi connectivity index (χ3n) is 3.31. The zero-order valence-electron chi connectivity index (χ0n) is 10.7. The molecule has 0 radical (unpaired) electrons. The summed E-state index contributed by atoms with van der Waals surface area (Å²) in [5.74, 6) is 0.650. The monoisotopic (exact) mass is 322 g/mol. The fourth-order valence-electron chi connectivity index (χ4n) is 1.87. The van der Waals surface area contributed by atoms with E-state index in [4.69, 9.17) is 10.00 Å². The van der Waals surface area contributed by atoms with Gasteiger partial charge in [-0.25, -0.2) is 0 Å². The van der Waals surface area contributed by atoms with E-state index in [1.807, 2.05) is 18.2 Å². The molecule has 0 atom stereocenters. The van der Waals surface area contributed by atoms with Gasteiger partial charge >= 0.3 is 0 Å². The molecular weight excluding hydrogens is 308 g/mol. The number of ether oxygens (including phenoxy) is 1. The van der Waals surface area contributed by atoms with Gasteiger partial charge in [-0.15, -0.1) is 0 Å². The Hall–Kier alpha value is -1.54. The van der Waals surface area contributed by atoms with Gasteiger partial charge in [-0.3, -0.25) is 4.79 Å². The highest BCUT2D eigenvalue weighted by atomic mass is 79.9. The zero-order chi connectivity index (χ0) is 13.9. The van der Waals surface area contributed by atoms with Crippen LogP contribution in [-0.2, 0) is 11.2 Å². The van der Waals surface area contributed by atoms with Crippen molar-refractivity contribution in [3.05, 3.63) is 28.2 Å². The number of benzene rings is 1. The van der Waals surface area contributed by atoms with Crippen LogP contribution in [0.1, 0.15) is 18.4 Å². The number of carbonyl (C=O) groups excluding carboxylic acids is 1. The van der Waals surface area contributed by atoms with Crippen LogP contribution in [0, 0.1) is 16.7 Å². The van der Waals surface area contributed by atoms with Crippen LogP contribution in [0.4, 0.5) is 0 Å². The average molecular weight is 323 g/mol. The van der Waals surface area contributed by atoms with Crippen LogP contribution in [0.25, 0.3) is 0 Å². The molecule has 1 aromatic carbocycles. The predicted octanol–water partition coefficient (Wildman–Crippen LogP) is 2.42. The first-order chi connectivity index (χ1) is 9.11. The van der Waals surface area contributed by atoms with E-state index >= 15 is 0 Å². The number of rotatable bonds is 5. The standard InChI is InChI=1S/C14H15BrN2O2/c1-19-12-3-2-10(8-11(12)15)4-7-17-13(18)14(9-16)5-6-14/h2-3,8H,4-7H2,1H3,(H,17,18). The van der Waals surface area contributed by atoms with Crippen LogP contribution in [0.15, 0.2) is 22.7 Å². The number of nitriles is 1. The van der Waals surface area contributed by atoms with Crippen LogP contribution in [-0.4, -0.2) is 19.6 Å². The maximum absolute atomic E-state index is 11.8. The van der Waals surface area contributed by atoms with E-state index in [-0.39, 0.29) is 5.91 Å². The molecule has 100 valence electrons. The summed E-state index contributed by atoms with van der Waals surface area (Å²) < 4.78 is 6.06. The molecule has 4 nitrogen and oxygen atoms in total.